The van der Waals surface area contributed by atoms with Crippen molar-refractivity contribution in [3.63, 3.8) is 0 Å². The number of carbonyl (C=O) groups is 2. The Morgan fingerprint density at radius 2 is 1.67 bits per heavy atom. The van der Waals surface area contributed by atoms with Crippen molar-refractivity contribution in [2.75, 3.05) is 31.5 Å². The number of benzene rings is 2. The Morgan fingerprint density at radius 3 is 2.33 bits per heavy atom. The van der Waals surface area contributed by atoms with E-state index in [4.69, 9.17) is 0 Å². The van der Waals surface area contributed by atoms with Gasteiger partial charge in [-0.15, -0.1) is 0 Å². The molecule has 2 aliphatic heterocycles. The molecule has 0 atom stereocenters. The Balaban J connectivity index is 1.27. The van der Waals surface area contributed by atoms with E-state index in [0.717, 1.165) is 29.7 Å². The molecule has 2 heterocycles. The first-order chi connectivity index (χ1) is 14.5. The highest BCUT2D eigenvalue weighted by Gasteiger charge is 2.35. The molecule has 6 nitrogen and oxygen atoms in total. The van der Waals surface area contributed by atoms with Gasteiger partial charge in [0.05, 0.1) is 0 Å². The number of likely N-dealkylation sites (tertiary alicyclic amines) is 1. The quantitative estimate of drug-likeness (QED) is 0.826. The summed E-state index contributed by atoms with van der Waals surface area (Å²) < 4.78 is 13.1. The lowest BCUT2D eigenvalue weighted by Crippen LogP contribution is -2.49. The van der Waals surface area contributed by atoms with Crippen LogP contribution in [0.4, 0.5) is 19.7 Å². The first-order valence-corrected chi connectivity index (χ1v) is 10.4. The molecule has 2 saturated heterocycles. The first-order valence-electron chi connectivity index (χ1n) is 10.4. The van der Waals surface area contributed by atoms with Gasteiger partial charge in [0.1, 0.15) is 5.82 Å². The molecule has 2 aromatic rings. The highest BCUT2D eigenvalue weighted by molar-refractivity contribution is 5.89. The summed E-state index contributed by atoms with van der Waals surface area (Å²) in [5, 5.41) is 2.94. The van der Waals surface area contributed by atoms with E-state index in [1.807, 2.05) is 45.9 Å². The van der Waals surface area contributed by atoms with Gasteiger partial charge in [-0.3, -0.25) is 0 Å². The van der Waals surface area contributed by atoms with Crippen LogP contribution in [0.15, 0.2) is 48.5 Å². The fourth-order valence-electron chi connectivity index (χ4n) is 4.12. The third-order valence-electron chi connectivity index (χ3n) is 5.91. The van der Waals surface area contributed by atoms with Crippen molar-refractivity contribution in [3.8, 4) is 0 Å². The van der Waals surface area contributed by atoms with Crippen LogP contribution in [0, 0.1) is 12.7 Å². The van der Waals surface area contributed by atoms with Gasteiger partial charge in [-0.2, -0.15) is 0 Å². The molecule has 158 valence electrons. The Labute approximate surface area is 176 Å². The zero-order valence-corrected chi connectivity index (χ0v) is 17.2. The average Bonchev–Trinajstić information content (AvgIpc) is 3.11. The van der Waals surface area contributed by atoms with Crippen molar-refractivity contribution in [2.45, 2.75) is 32.4 Å². The smallest absolute Gasteiger partial charge is 0.321 e. The van der Waals surface area contributed by atoms with Crippen molar-refractivity contribution >= 4 is 17.7 Å². The molecule has 0 bridgehead atoms. The van der Waals surface area contributed by atoms with Gasteiger partial charge >= 0.3 is 12.1 Å². The molecule has 4 rings (SSSR count). The number of carbonyl (C=O) groups excluding carboxylic acids is 2. The van der Waals surface area contributed by atoms with Crippen molar-refractivity contribution in [3.05, 3.63) is 65.5 Å². The summed E-state index contributed by atoms with van der Waals surface area (Å²) in [7, 11) is 0. The normalized spacial score (nSPS) is 17.5. The fraction of sp³-hybridized carbons (Fsp3) is 0.391. The fourth-order valence-corrected chi connectivity index (χ4v) is 4.12. The summed E-state index contributed by atoms with van der Waals surface area (Å²) in [4.78, 5) is 30.9. The van der Waals surface area contributed by atoms with E-state index in [1.54, 1.807) is 12.1 Å². The number of rotatable bonds is 4. The van der Waals surface area contributed by atoms with Gasteiger partial charge < -0.3 is 20.0 Å². The van der Waals surface area contributed by atoms with Gasteiger partial charge in [0.15, 0.2) is 0 Å². The largest absolute Gasteiger partial charge is 0.324 e. The molecule has 0 radical (unpaired) electrons. The molecule has 7 heteroatoms. The van der Waals surface area contributed by atoms with Crippen LogP contribution < -0.4 is 5.32 Å². The van der Waals surface area contributed by atoms with Crippen molar-refractivity contribution in [2.24, 2.45) is 0 Å². The van der Waals surface area contributed by atoms with Crippen molar-refractivity contribution in [1.82, 2.24) is 14.7 Å². The molecular formula is C23H27FN4O2. The standard InChI is InChI=1S/C23H27FN4O2/c1-17-2-8-20(9-3-17)25-22(29)26-12-10-21(11-13-26)28-15-14-27(23(28)30)16-18-4-6-19(24)7-5-18/h2-9,21H,10-16H2,1H3,(H,25,29). The second-order valence-electron chi connectivity index (χ2n) is 8.04. The number of urea groups is 2. The summed E-state index contributed by atoms with van der Waals surface area (Å²) in [5.74, 6) is -0.272. The van der Waals surface area contributed by atoms with Crippen LogP contribution >= 0.6 is 0 Å². The summed E-state index contributed by atoms with van der Waals surface area (Å²) >= 11 is 0. The molecule has 2 aromatic carbocycles. The lowest BCUT2D eigenvalue weighted by molar-refractivity contribution is 0.139. The number of hydrogen-bond acceptors (Lipinski definition) is 2. The second kappa shape index (κ2) is 8.73. The molecule has 2 fully saturated rings. The number of hydrogen-bond donors (Lipinski definition) is 1. The summed E-state index contributed by atoms with van der Waals surface area (Å²) in [6.45, 7) is 5.13. The van der Waals surface area contributed by atoms with Gasteiger partial charge in [-0.1, -0.05) is 29.8 Å². The molecule has 30 heavy (non-hydrogen) atoms. The predicted molar refractivity (Wildman–Crippen MR) is 114 cm³/mol. The Kier molecular flexibility index (Phi) is 5.88. The van der Waals surface area contributed by atoms with Gasteiger partial charge in [0, 0.05) is 44.5 Å². The lowest BCUT2D eigenvalue weighted by Gasteiger charge is -2.36. The van der Waals surface area contributed by atoms with Gasteiger partial charge in [0.2, 0.25) is 0 Å². The van der Waals surface area contributed by atoms with E-state index in [2.05, 4.69) is 5.32 Å². The van der Waals surface area contributed by atoms with Gasteiger partial charge in [-0.25, -0.2) is 14.0 Å². The maximum absolute atomic E-state index is 13.1. The van der Waals surface area contributed by atoms with Crippen LogP contribution in [0.25, 0.3) is 0 Å². The molecule has 4 amide bonds. The SMILES string of the molecule is Cc1ccc(NC(=O)N2CCC(N3CCN(Cc4ccc(F)cc4)C3=O)CC2)cc1. The van der Waals surface area contributed by atoms with Crippen LogP contribution in [0.2, 0.25) is 0 Å². The maximum Gasteiger partial charge on any atom is 0.321 e. The van der Waals surface area contributed by atoms with Crippen molar-refractivity contribution < 1.29 is 14.0 Å². The lowest BCUT2D eigenvalue weighted by atomic mass is 10.0. The summed E-state index contributed by atoms with van der Waals surface area (Å²) in [6, 6.07) is 14.1. The Morgan fingerprint density at radius 1 is 1.00 bits per heavy atom. The van der Waals surface area contributed by atoms with E-state index >= 15 is 0 Å². The Bertz CT molecular complexity index is 892. The molecule has 0 spiro atoms. The number of aryl methyl sites for hydroxylation is 1. The minimum Gasteiger partial charge on any atom is -0.324 e. The van der Waals surface area contributed by atoms with Crippen LogP contribution in [0.5, 0.6) is 0 Å². The van der Waals surface area contributed by atoms with E-state index in [1.165, 1.54) is 12.1 Å². The molecule has 1 N–H and O–H groups in total. The zero-order valence-electron chi connectivity index (χ0n) is 17.2. The molecule has 0 aromatic heterocycles. The van der Waals surface area contributed by atoms with Gasteiger partial charge in [0.25, 0.3) is 0 Å². The van der Waals surface area contributed by atoms with E-state index in [9.17, 15) is 14.0 Å². The van der Waals surface area contributed by atoms with Crippen LogP contribution in [0.3, 0.4) is 0 Å². The molecule has 2 aliphatic rings. The number of amides is 4. The third-order valence-corrected chi connectivity index (χ3v) is 5.91. The van der Waals surface area contributed by atoms with Crippen LogP contribution in [0.1, 0.15) is 24.0 Å². The highest BCUT2D eigenvalue weighted by Crippen LogP contribution is 2.23. The molecular weight excluding hydrogens is 383 g/mol. The monoisotopic (exact) mass is 410 g/mol. The van der Waals surface area contributed by atoms with Gasteiger partial charge in [-0.05, 0) is 49.6 Å². The second-order valence-corrected chi connectivity index (χ2v) is 8.04. The first kappa shape index (κ1) is 20.2. The topological polar surface area (TPSA) is 55.9 Å². The number of piperidine rings is 1. The minimum atomic E-state index is -0.272. The number of nitrogens with zero attached hydrogens (tertiary/aromatic N) is 3. The third kappa shape index (κ3) is 4.56. The number of nitrogens with one attached hydrogen (secondary N) is 1. The highest BCUT2D eigenvalue weighted by atomic mass is 19.1. The Hall–Kier alpha value is -3.09. The molecule has 0 saturated carbocycles. The van der Waals surface area contributed by atoms with Crippen LogP contribution in [-0.2, 0) is 6.54 Å². The van der Waals surface area contributed by atoms with Crippen molar-refractivity contribution in [1.29, 1.82) is 0 Å². The number of halogens is 1. The summed E-state index contributed by atoms with van der Waals surface area (Å²) in [5.41, 5.74) is 2.87. The average molecular weight is 410 g/mol. The minimum absolute atomic E-state index is 0.0295. The predicted octanol–water partition coefficient (Wildman–Crippen LogP) is 4.07. The summed E-state index contributed by atoms with van der Waals surface area (Å²) in [6.07, 6.45) is 1.55. The van der Waals surface area contributed by atoms with E-state index < -0.39 is 0 Å². The van der Waals surface area contributed by atoms with Crippen LogP contribution in [-0.4, -0.2) is 59.0 Å². The van der Waals surface area contributed by atoms with E-state index in [0.29, 0.717) is 32.7 Å². The zero-order chi connectivity index (χ0) is 21.1. The number of anilines is 1. The molecule has 0 unspecified atom stereocenters. The maximum atomic E-state index is 13.1. The molecule has 0 aliphatic carbocycles. The van der Waals surface area contributed by atoms with E-state index in [-0.39, 0.29) is 23.9 Å².